The van der Waals surface area contributed by atoms with Crippen molar-refractivity contribution in [3.63, 3.8) is 0 Å². The molecule has 6 heteroatoms. The summed E-state index contributed by atoms with van der Waals surface area (Å²) in [4.78, 5) is 5.88. The molecule has 1 aromatic rings. The molecule has 1 aromatic heterocycles. The third kappa shape index (κ3) is 4.49. The summed E-state index contributed by atoms with van der Waals surface area (Å²) in [6, 6.07) is 4.46. The second-order valence-electron chi connectivity index (χ2n) is 6.69. The number of ether oxygens (including phenoxy) is 2. The van der Waals surface area contributed by atoms with Crippen LogP contribution in [-0.4, -0.2) is 52.0 Å². The molecule has 0 aromatic carbocycles. The van der Waals surface area contributed by atoms with Gasteiger partial charge in [0.25, 0.3) is 0 Å². The molecule has 1 aliphatic carbocycles. The highest BCUT2D eigenvalue weighted by Gasteiger charge is 2.34. The van der Waals surface area contributed by atoms with Crippen LogP contribution in [-0.2, 0) is 14.9 Å². The molecule has 1 unspecified atom stereocenters. The van der Waals surface area contributed by atoms with Crippen molar-refractivity contribution in [3.05, 3.63) is 22.4 Å². The number of aliphatic imine (C=N–C) groups is 1. The highest BCUT2D eigenvalue weighted by molar-refractivity contribution is 7.10. The Hall–Kier alpha value is -1.11. The lowest BCUT2D eigenvalue weighted by molar-refractivity contribution is -0.0850. The van der Waals surface area contributed by atoms with Gasteiger partial charge in [0, 0.05) is 30.4 Å². The van der Waals surface area contributed by atoms with E-state index in [1.807, 2.05) is 18.4 Å². The van der Waals surface area contributed by atoms with Crippen molar-refractivity contribution >= 4 is 17.3 Å². The summed E-state index contributed by atoms with van der Waals surface area (Å²) < 4.78 is 11.1. The van der Waals surface area contributed by atoms with E-state index in [4.69, 9.17) is 9.47 Å². The molecule has 24 heavy (non-hydrogen) atoms. The van der Waals surface area contributed by atoms with Crippen LogP contribution < -0.4 is 10.6 Å². The lowest BCUT2D eigenvalue weighted by Crippen LogP contribution is -2.49. The van der Waals surface area contributed by atoms with Gasteiger partial charge in [0.2, 0.25) is 0 Å². The Morgan fingerprint density at radius 3 is 2.83 bits per heavy atom. The molecule has 134 valence electrons. The van der Waals surface area contributed by atoms with Crippen LogP contribution in [0, 0.1) is 0 Å². The van der Waals surface area contributed by atoms with Crippen molar-refractivity contribution in [2.75, 3.05) is 40.0 Å². The first kappa shape index (κ1) is 17.7. The lowest BCUT2D eigenvalue weighted by Gasteiger charge is -2.37. The molecule has 2 aliphatic rings. The molecule has 1 saturated carbocycles. The Morgan fingerprint density at radius 1 is 1.29 bits per heavy atom. The number of hydrogen-bond acceptors (Lipinski definition) is 4. The van der Waals surface area contributed by atoms with Crippen LogP contribution in [0.5, 0.6) is 0 Å². The summed E-state index contributed by atoms with van der Waals surface area (Å²) in [5.74, 6) is 0.852. The number of guanidine groups is 1. The van der Waals surface area contributed by atoms with Crippen molar-refractivity contribution in [2.24, 2.45) is 4.99 Å². The molecular weight excluding hydrogens is 322 g/mol. The molecule has 1 aliphatic heterocycles. The Labute approximate surface area is 148 Å². The molecule has 0 amide bonds. The quantitative estimate of drug-likeness (QED) is 0.632. The molecule has 3 rings (SSSR count). The van der Waals surface area contributed by atoms with Crippen molar-refractivity contribution in [2.45, 2.75) is 43.6 Å². The van der Waals surface area contributed by atoms with E-state index in [9.17, 15) is 0 Å². The summed E-state index contributed by atoms with van der Waals surface area (Å²) in [5, 5.41) is 9.13. The first-order valence-electron chi connectivity index (χ1n) is 9.00. The standard InChI is InChI=1S/C18H29N3O2S/c1-19-17(20-12-15-13-22-9-10-23-15)21-14-18(7-3-2-4-8-18)16-6-5-11-24-16/h5-6,11,15H,2-4,7-10,12-14H2,1H3,(H2,19,20,21). The lowest BCUT2D eigenvalue weighted by atomic mass is 9.73. The third-order valence-corrected chi connectivity index (χ3v) is 6.17. The van der Waals surface area contributed by atoms with Crippen LogP contribution in [0.1, 0.15) is 37.0 Å². The Kier molecular flexibility index (Phi) is 6.51. The SMILES string of the molecule is CN=C(NCC1COCCO1)NCC1(c2cccs2)CCCCC1. The highest BCUT2D eigenvalue weighted by atomic mass is 32.1. The van der Waals surface area contributed by atoms with Crippen molar-refractivity contribution in [1.29, 1.82) is 0 Å². The molecule has 1 saturated heterocycles. The van der Waals surface area contributed by atoms with Gasteiger partial charge in [0.15, 0.2) is 5.96 Å². The van der Waals surface area contributed by atoms with Crippen molar-refractivity contribution in [3.8, 4) is 0 Å². The predicted octanol–water partition coefficient (Wildman–Crippen LogP) is 2.53. The minimum atomic E-state index is 0.109. The first-order chi connectivity index (χ1) is 11.8. The Bertz CT molecular complexity index is 506. The molecule has 1 atom stereocenters. The summed E-state index contributed by atoms with van der Waals surface area (Å²) in [7, 11) is 1.83. The van der Waals surface area contributed by atoms with Gasteiger partial charge in [-0.15, -0.1) is 11.3 Å². The maximum Gasteiger partial charge on any atom is 0.191 e. The van der Waals surface area contributed by atoms with Crippen molar-refractivity contribution in [1.82, 2.24) is 10.6 Å². The van der Waals surface area contributed by atoms with Gasteiger partial charge in [-0.3, -0.25) is 4.99 Å². The minimum Gasteiger partial charge on any atom is -0.376 e. The third-order valence-electron chi connectivity index (χ3n) is 5.05. The number of thiophene rings is 1. The number of nitrogens with one attached hydrogen (secondary N) is 2. The average molecular weight is 352 g/mol. The average Bonchev–Trinajstić information content (AvgIpc) is 3.19. The van der Waals surface area contributed by atoms with Gasteiger partial charge in [0.1, 0.15) is 0 Å². The first-order valence-corrected chi connectivity index (χ1v) is 9.88. The fraction of sp³-hybridized carbons (Fsp3) is 0.722. The molecular formula is C18H29N3O2S. The van der Waals surface area contributed by atoms with Gasteiger partial charge >= 0.3 is 0 Å². The molecule has 5 nitrogen and oxygen atoms in total. The van der Waals surface area contributed by atoms with Crippen LogP contribution in [0.25, 0.3) is 0 Å². The molecule has 2 N–H and O–H groups in total. The molecule has 2 heterocycles. The topological polar surface area (TPSA) is 54.9 Å². The largest absolute Gasteiger partial charge is 0.376 e. The van der Waals surface area contributed by atoms with Gasteiger partial charge in [-0.05, 0) is 24.3 Å². The van der Waals surface area contributed by atoms with Crippen LogP contribution in [0.3, 0.4) is 0 Å². The van der Waals surface area contributed by atoms with E-state index in [-0.39, 0.29) is 11.5 Å². The molecule has 2 fully saturated rings. The smallest absolute Gasteiger partial charge is 0.191 e. The molecule has 0 bridgehead atoms. The maximum absolute atomic E-state index is 5.68. The normalized spacial score (nSPS) is 24.5. The summed E-state index contributed by atoms with van der Waals surface area (Å²) in [5.41, 5.74) is 0.258. The van der Waals surface area contributed by atoms with E-state index in [1.54, 1.807) is 0 Å². The van der Waals surface area contributed by atoms with Crippen LogP contribution >= 0.6 is 11.3 Å². The van der Waals surface area contributed by atoms with Gasteiger partial charge in [-0.25, -0.2) is 0 Å². The van der Waals surface area contributed by atoms with Gasteiger partial charge < -0.3 is 20.1 Å². The van der Waals surface area contributed by atoms with Crippen LogP contribution in [0.4, 0.5) is 0 Å². The highest BCUT2D eigenvalue weighted by Crippen LogP contribution is 2.41. The molecule has 0 radical (unpaired) electrons. The summed E-state index contributed by atoms with van der Waals surface area (Å²) in [6.45, 7) is 3.71. The van der Waals surface area contributed by atoms with E-state index in [2.05, 4.69) is 33.1 Å². The summed E-state index contributed by atoms with van der Waals surface area (Å²) in [6.07, 6.45) is 6.63. The van der Waals surface area contributed by atoms with Gasteiger partial charge in [0.05, 0.1) is 25.9 Å². The van der Waals surface area contributed by atoms with E-state index in [1.165, 1.54) is 37.0 Å². The fourth-order valence-corrected chi connectivity index (χ4v) is 4.64. The zero-order valence-electron chi connectivity index (χ0n) is 14.6. The fourth-order valence-electron chi connectivity index (χ4n) is 3.66. The van der Waals surface area contributed by atoms with E-state index < -0.39 is 0 Å². The monoisotopic (exact) mass is 351 g/mol. The van der Waals surface area contributed by atoms with Gasteiger partial charge in [-0.2, -0.15) is 0 Å². The maximum atomic E-state index is 5.68. The Morgan fingerprint density at radius 2 is 2.17 bits per heavy atom. The predicted molar refractivity (Wildman–Crippen MR) is 99.0 cm³/mol. The second kappa shape index (κ2) is 8.83. The van der Waals surface area contributed by atoms with Crippen LogP contribution in [0.15, 0.2) is 22.5 Å². The number of hydrogen-bond donors (Lipinski definition) is 2. The van der Waals surface area contributed by atoms with Crippen LogP contribution in [0.2, 0.25) is 0 Å². The zero-order chi connectivity index (χ0) is 16.7. The zero-order valence-corrected chi connectivity index (χ0v) is 15.4. The second-order valence-corrected chi connectivity index (χ2v) is 7.64. The van der Waals surface area contributed by atoms with Gasteiger partial charge in [-0.1, -0.05) is 25.3 Å². The van der Waals surface area contributed by atoms with E-state index >= 15 is 0 Å². The van der Waals surface area contributed by atoms with Crippen molar-refractivity contribution < 1.29 is 9.47 Å². The van der Waals surface area contributed by atoms with E-state index in [0.29, 0.717) is 19.8 Å². The summed E-state index contributed by atoms with van der Waals surface area (Å²) >= 11 is 1.89. The Balaban J connectivity index is 1.54. The number of nitrogens with zero attached hydrogens (tertiary/aromatic N) is 1. The molecule has 0 spiro atoms. The number of rotatable bonds is 5. The van der Waals surface area contributed by atoms with E-state index in [0.717, 1.165) is 19.0 Å². The minimum absolute atomic E-state index is 0.109.